The van der Waals surface area contributed by atoms with Gasteiger partial charge in [0.2, 0.25) is 0 Å². The second-order valence-corrected chi connectivity index (χ2v) is 4.57. The smallest absolute Gasteiger partial charge is 0.189 e. The third kappa shape index (κ3) is 4.02. The molecule has 2 rings (SSSR count). The highest BCUT2D eigenvalue weighted by atomic mass is 16.7. The van der Waals surface area contributed by atoms with E-state index in [1.807, 2.05) is 31.2 Å². The first-order valence-electron chi connectivity index (χ1n) is 6.28. The summed E-state index contributed by atoms with van der Waals surface area (Å²) in [6.07, 6.45) is 2.94. The fraction of sp³-hybridized carbons (Fsp3) is 0.571. The van der Waals surface area contributed by atoms with Gasteiger partial charge in [-0.1, -0.05) is 19.1 Å². The van der Waals surface area contributed by atoms with Crippen molar-refractivity contribution in [3.8, 4) is 5.75 Å². The molecule has 0 amide bonds. The van der Waals surface area contributed by atoms with Crippen LogP contribution in [0.2, 0.25) is 0 Å². The fourth-order valence-corrected chi connectivity index (χ4v) is 1.63. The van der Waals surface area contributed by atoms with Gasteiger partial charge in [0.25, 0.3) is 0 Å². The standard InChI is InChI=1S/C14H20O3/c1-2-14(15)12-5-7-13(8-6-12)17-10-16-9-11-3-4-11/h5-8,11,14-15H,2-4,9-10H2,1H3. The quantitative estimate of drug-likeness (QED) is 0.584. The maximum absolute atomic E-state index is 9.64. The Labute approximate surface area is 102 Å². The lowest BCUT2D eigenvalue weighted by Crippen LogP contribution is -2.05. The summed E-state index contributed by atoms with van der Waals surface area (Å²) in [5.74, 6) is 1.55. The van der Waals surface area contributed by atoms with Gasteiger partial charge in [-0.15, -0.1) is 0 Å². The molecule has 0 aliphatic heterocycles. The summed E-state index contributed by atoms with van der Waals surface area (Å²) in [5, 5.41) is 9.64. The number of hydrogen-bond acceptors (Lipinski definition) is 3. The molecule has 1 aliphatic carbocycles. The molecule has 1 atom stereocenters. The Hall–Kier alpha value is -1.06. The SMILES string of the molecule is CCC(O)c1ccc(OCOCC2CC2)cc1. The van der Waals surface area contributed by atoms with E-state index >= 15 is 0 Å². The van der Waals surface area contributed by atoms with Crippen LogP contribution in [-0.2, 0) is 4.74 Å². The third-order valence-electron chi connectivity index (χ3n) is 3.01. The highest BCUT2D eigenvalue weighted by Crippen LogP contribution is 2.28. The van der Waals surface area contributed by atoms with Gasteiger partial charge >= 0.3 is 0 Å². The van der Waals surface area contributed by atoms with Crippen molar-refractivity contribution >= 4 is 0 Å². The Bertz CT molecular complexity index is 330. The first-order chi connectivity index (χ1) is 8.29. The van der Waals surface area contributed by atoms with Gasteiger partial charge in [-0.3, -0.25) is 0 Å². The van der Waals surface area contributed by atoms with Crippen molar-refractivity contribution in [3.05, 3.63) is 29.8 Å². The Morgan fingerprint density at radius 2 is 2.00 bits per heavy atom. The fourth-order valence-electron chi connectivity index (χ4n) is 1.63. The van der Waals surface area contributed by atoms with Gasteiger partial charge in [0.15, 0.2) is 6.79 Å². The number of benzene rings is 1. The molecule has 1 aliphatic rings. The second kappa shape index (κ2) is 6.03. The lowest BCUT2D eigenvalue weighted by Gasteiger charge is -2.10. The summed E-state index contributed by atoms with van der Waals surface area (Å²) in [6.45, 7) is 3.08. The van der Waals surface area contributed by atoms with Crippen molar-refractivity contribution < 1.29 is 14.6 Å². The summed E-state index contributed by atoms with van der Waals surface area (Å²) in [5.41, 5.74) is 0.929. The molecule has 1 unspecified atom stereocenters. The molecule has 17 heavy (non-hydrogen) atoms. The van der Waals surface area contributed by atoms with E-state index in [0.717, 1.165) is 30.3 Å². The van der Waals surface area contributed by atoms with Gasteiger partial charge < -0.3 is 14.6 Å². The van der Waals surface area contributed by atoms with Crippen LogP contribution in [-0.4, -0.2) is 18.5 Å². The van der Waals surface area contributed by atoms with Crippen LogP contribution in [0, 0.1) is 5.92 Å². The monoisotopic (exact) mass is 236 g/mol. The van der Waals surface area contributed by atoms with Gasteiger partial charge in [-0.25, -0.2) is 0 Å². The van der Waals surface area contributed by atoms with Crippen LogP contribution >= 0.6 is 0 Å². The average molecular weight is 236 g/mol. The van der Waals surface area contributed by atoms with E-state index in [1.165, 1.54) is 12.8 Å². The summed E-state index contributed by atoms with van der Waals surface area (Å²) in [4.78, 5) is 0. The van der Waals surface area contributed by atoms with Crippen molar-refractivity contribution in [1.29, 1.82) is 0 Å². The molecule has 1 saturated carbocycles. The number of rotatable bonds is 7. The number of hydrogen-bond donors (Lipinski definition) is 1. The van der Waals surface area contributed by atoms with E-state index in [4.69, 9.17) is 9.47 Å². The molecule has 94 valence electrons. The van der Waals surface area contributed by atoms with Crippen LogP contribution in [0.3, 0.4) is 0 Å². The summed E-state index contributed by atoms with van der Waals surface area (Å²) in [7, 11) is 0. The van der Waals surface area contributed by atoms with Gasteiger partial charge in [-0.05, 0) is 42.9 Å². The molecule has 3 nitrogen and oxygen atoms in total. The minimum Gasteiger partial charge on any atom is -0.468 e. The first kappa shape index (κ1) is 12.4. The predicted molar refractivity (Wildman–Crippen MR) is 65.9 cm³/mol. The number of aliphatic hydroxyl groups excluding tert-OH is 1. The molecule has 1 fully saturated rings. The van der Waals surface area contributed by atoms with Crippen molar-refractivity contribution in [2.24, 2.45) is 5.92 Å². The minimum atomic E-state index is -0.379. The molecular formula is C14H20O3. The van der Waals surface area contributed by atoms with Crippen molar-refractivity contribution in [1.82, 2.24) is 0 Å². The number of aliphatic hydroxyl groups is 1. The average Bonchev–Trinajstić information content (AvgIpc) is 3.18. The molecule has 0 heterocycles. The van der Waals surface area contributed by atoms with Crippen LogP contribution in [0.4, 0.5) is 0 Å². The van der Waals surface area contributed by atoms with Gasteiger partial charge in [0.05, 0.1) is 12.7 Å². The van der Waals surface area contributed by atoms with Gasteiger partial charge in [0.1, 0.15) is 5.75 Å². The van der Waals surface area contributed by atoms with E-state index in [9.17, 15) is 5.11 Å². The molecule has 0 spiro atoms. The lowest BCUT2D eigenvalue weighted by molar-refractivity contribution is 0.00995. The molecule has 0 radical (unpaired) electrons. The van der Waals surface area contributed by atoms with E-state index in [0.29, 0.717) is 6.79 Å². The third-order valence-corrected chi connectivity index (χ3v) is 3.01. The molecular weight excluding hydrogens is 216 g/mol. The molecule has 3 heteroatoms. The Balaban J connectivity index is 1.72. The van der Waals surface area contributed by atoms with E-state index in [1.54, 1.807) is 0 Å². The van der Waals surface area contributed by atoms with Crippen LogP contribution < -0.4 is 4.74 Å². The highest BCUT2D eigenvalue weighted by molar-refractivity contribution is 5.28. The van der Waals surface area contributed by atoms with Crippen LogP contribution in [0.25, 0.3) is 0 Å². The maximum atomic E-state index is 9.64. The highest BCUT2D eigenvalue weighted by Gasteiger charge is 2.21. The maximum Gasteiger partial charge on any atom is 0.189 e. The topological polar surface area (TPSA) is 38.7 Å². The summed E-state index contributed by atoms with van der Waals surface area (Å²) < 4.78 is 10.8. The zero-order chi connectivity index (χ0) is 12.1. The molecule has 1 aromatic carbocycles. The van der Waals surface area contributed by atoms with Crippen molar-refractivity contribution in [2.75, 3.05) is 13.4 Å². The van der Waals surface area contributed by atoms with Crippen molar-refractivity contribution in [3.63, 3.8) is 0 Å². The van der Waals surface area contributed by atoms with Gasteiger partial charge in [0, 0.05) is 0 Å². The zero-order valence-corrected chi connectivity index (χ0v) is 10.3. The lowest BCUT2D eigenvalue weighted by atomic mass is 10.1. The molecule has 0 bridgehead atoms. The number of ether oxygens (including phenoxy) is 2. The molecule has 0 aromatic heterocycles. The molecule has 1 aromatic rings. The second-order valence-electron chi connectivity index (χ2n) is 4.57. The normalized spacial score (nSPS) is 16.8. The van der Waals surface area contributed by atoms with Crippen LogP contribution in [0.5, 0.6) is 5.75 Å². The Morgan fingerprint density at radius 1 is 1.29 bits per heavy atom. The predicted octanol–water partition coefficient (Wildman–Crippen LogP) is 2.89. The Morgan fingerprint density at radius 3 is 2.59 bits per heavy atom. The summed E-state index contributed by atoms with van der Waals surface area (Å²) >= 11 is 0. The zero-order valence-electron chi connectivity index (χ0n) is 10.3. The van der Waals surface area contributed by atoms with E-state index in [-0.39, 0.29) is 6.10 Å². The molecule has 0 saturated heterocycles. The minimum absolute atomic E-state index is 0.312. The Kier molecular flexibility index (Phi) is 4.40. The molecule has 1 N–H and O–H groups in total. The van der Waals surface area contributed by atoms with Crippen LogP contribution in [0.1, 0.15) is 37.9 Å². The van der Waals surface area contributed by atoms with E-state index in [2.05, 4.69) is 0 Å². The van der Waals surface area contributed by atoms with Crippen LogP contribution in [0.15, 0.2) is 24.3 Å². The largest absolute Gasteiger partial charge is 0.468 e. The van der Waals surface area contributed by atoms with Gasteiger partial charge in [-0.2, -0.15) is 0 Å². The first-order valence-corrected chi connectivity index (χ1v) is 6.28. The van der Waals surface area contributed by atoms with Crippen molar-refractivity contribution in [2.45, 2.75) is 32.3 Å². The summed E-state index contributed by atoms with van der Waals surface area (Å²) in [6, 6.07) is 7.53. The van der Waals surface area contributed by atoms with E-state index < -0.39 is 0 Å².